The summed E-state index contributed by atoms with van der Waals surface area (Å²) >= 11 is 0. The van der Waals surface area contributed by atoms with E-state index in [9.17, 15) is 0 Å². The van der Waals surface area contributed by atoms with Crippen LogP contribution in [0, 0.1) is 0 Å². The van der Waals surface area contributed by atoms with E-state index >= 15 is 0 Å². The van der Waals surface area contributed by atoms with E-state index in [0.717, 1.165) is 0 Å². The van der Waals surface area contributed by atoms with E-state index < -0.39 is 0 Å². The summed E-state index contributed by atoms with van der Waals surface area (Å²) in [7, 11) is 0. The maximum Gasteiger partial charge on any atom is 0.0543 e. The first-order valence-corrected chi connectivity index (χ1v) is 5.61. The summed E-state index contributed by atoms with van der Waals surface area (Å²) in [5.41, 5.74) is 0. The molecule has 1 fully saturated rings. The molecule has 0 unspecified atom stereocenters. The number of hydrogen-bond acceptors (Lipinski definition) is 2. The molecule has 0 aromatic carbocycles. The summed E-state index contributed by atoms with van der Waals surface area (Å²) in [5, 5.41) is 4.31. The molecule has 3 nitrogen and oxygen atoms in total. The molecule has 1 aliphatic rings. The Morgan fingerprint density at radius 2 is 2.14 bits per heavy atom. The average Bonchev–Trinajstić information content (AvgIpc) is 2.72. The summed E-state index contributed by atoms with van der Waals surface area (Å²) in [4.78, 5) is 2.56. The van der Waals surface area contributed by atoms with Gasteiger partial charge in [-0.15, -0.1) is 0 Å². The first-order chi connectivity index (χ1) is 6.90. The molecule has 0 saturated carbocycles. The molecule has 14 heavy (non-hydrogen) atoms. The normalized spacial score (nSPS) is 20.1. The first-order valence-electron chi connectivity index (χ1n) is 5.61. The molecule has 3 heteroatoms. The Morgan fingerprint density at radius 3 is 2.71 bits per heavy atom. The molecule has 0 bridgehead atoms. The summed E-state index contributed by atoms with van der Waals surface area (Å²) < 4.78 is 2.11. The lowest BCUT2D eigenvalue weighted by molar-refractivity contribution is 0.180. The lowest BCUT2D eigenvalue weighted by Gasteiger charge is -2.31. The Bertz CT molecular complexity index is 248. The van der Waals surface area contributed by atoms with E-state index in [4.69, 9.17) is 0 Å². The van der Waals surface area contributed by atoms with Crippen LogP contribution in [-0.2, 0) is 0 Å². The van der Waals surface area contributed by atoms with Gasteiger partial charge in [0, 0.05) is 25.5 Å². The molecule has 0 N–H and O–H groups in total. The van der Waals surface area contributed by atoms with Crippen molar-refractivity contribution in [3.05, 3.63) is 18.5 Å². The zero-order valence-electron chi connectivity index (χ0n) is 8.89. The van der Waals surface area contributed by atoms with Gasteiger partial charge in [-0.2, -0.15) is 5.10 Å². The first kappa shape index (κ1) is 9.71. The molecule has 0 spiro atoms. The smallest absolute Gasteiger partial charge is 0.0543 e. The van der Waals surface area contributed by atoms with Crippen molar-refractivity contribution in [1.29, 1.82) is 0 Å². The lowest BCUT2D eigenvalue weighted by atomic mass is 10.1. The fourth-order valence-corrected chi connectivity index (χ4v) is 2.22. The highest BCUT2D eigenvalue weighted by atomic mass is 15.3. The zero-order valence-corrected chi connectivity index (χ0v) is 8.89. The molecule has 1 aromatic rings. The number of nitrogens with zero attached hydrogens (tertiary/aromatic N) is 3. The lowest BCUT2D eigenvalue weighted by Crippen LogP contribution is -2.35. The van der Waals surface area contributed by atoms with Gasteiger partial charge in [-0.1, -0.05) is 6.92 Å². The van der Waals surface area contributed by atoms with Crippen molar-refractivity contribution in [2.24, 2.45) is 0 Å². The Labute approximate surface area is 85.7 Å². The highest BCUT2D eigenvalue weighted by molar-refractivity contribution is 4.84. The van der Waals surface area contributed by atoms with E-state index in [1.807, 2.05) is 12.3 Å². The minimum absolute atomic E-state index is 0.637. The molecule has 1 saturated heterocycles. The summed E-state index contributed by atoms with van der Waals surface area (Å²) in [6.07, 6.45) is 7.73. The highest BCUT2D eigenvalue weighted by Gasteiger charge is 2.19. The van der Waals surface area contributed by atoms with E-state index in [1.54, 1.807) is 0 Å². The van der Waals surface area contributed by atoms with Crippen molar-refractivity contribution in [3.63, 3.8) is 0 Å². The second kappa shape index (κ2) is 4.60. The summed E-state index contributed by atoms with van der Waals surface area (Å²) in [5.74, 6) is 0. The van der Waals surface area contributed by atoms with E-state index in [-0.39, 0.29) is 0 Å². The molecule has 0 atom stereocenters. The van der Waals surface area contributed by atoms with Crippen molar-refractivity contribution in [2.45, 2.75) is 32.2 Å². The number of rotatable bonds is 3. The summed E-state index contributed by atoms with van der Waals surface area (Å²) in [6.45, 7) is 5.97. The van der Waals surface area contributed by atoms with Gasteiger partial charge in [-0.05, 0) is 31.9 Å². The largest absolute Gasteiger partial charge is 0.303 e. The fourth-order valence-electron chi connectivity index (χ4n) is 2.22. The second-order valence-corrected chi connectivity index (χ2v) is 4.06. The van der Waals surface area contributed by atoms with Crippen LogP contribution in [0.1, 0.15) is 32.2 Å². The van der Waals surface area contributed by atoms with Gasteiger partial charge in [0.15, 0.2) is 0 Å². The number of aromatic nitrogens is 2. The molecular weight excluding hydrogens is 174 g/mol. The van der Waals surface area contributed by atoms with Gasteiger partial charge in [0.1, 0.15) is 0 Å². The molecule has 0 radical (unpaired) electrons. The number of hydrogen-bond donors (Lipinski definition) is 0. The van der Waals surface area contributed by atoms with Crippen LogP contribution in [0.3, 0.4) is 0 Å². The van der Waals surface area contributed by atoms with Gasteiger partial charge < -0.3 is 4.90 Å². The molecule has 0 amide bonds. The quantitative estimate of drug-likeness (QED) is 0.731. The Morgan fingerprint density at radius 1 is 1.36 bits per heavy atom. The third kappa shape index (κ3) is 2.15. The standard InChI is InChI=1S/C11H19N3/c1-2-7-13-9-4-11(5-10-13)14-8-3-6-12-14/h3,6,8,11H,2,4-5,7,9-10H2,1H3. The van der Waals surface area contributed by atoms with Gasteiger partial charge in [0.05, 0.1) is 6.04 Å². The van der Waals surface area contributed by atoms with Crippen LogP contribution in [-0.4, -0.2) is 34.3 Å². The van der Waals surface area contributed by atoms with E-state index in [0.29, 0.717) is 6.04 Å². The zero-order chi connectivity index (χ0) is 9.80. The van der Waals surface area contributed by atoms with Crippen LogP contribution in [0.5, 0.6) is 0 Å². The van der Waals surface area contributed by atoms with Crippen molar-refractivity contribution < 1.29 is 0 Å². The monoisotopic (exact) mass is 193 g/mol. The molecular formula is C11H19N3. The number of piperidine rings is 1. The average molecular weight is 193 g/mol. The number of likely N-dealkylation sites (tertiary alicyclic amines) is 1. The fraction of sp³-hybridized carbons (Fsp3) is 0.727. The van der Waals surface area contributed by atoms with Crippen LogP contribution < -0.4 is 0 Å². The van der Waals surface area contributed by atoms with Crippen molar-refractivity contribution in [1.82, 2.24) is 14.7 Å². The maximum absolute atomic E-state index is 4.31. The van der Waals surface area contributed by atoms with E-state index in [2.05, 4.69) is 27.8 Å². The minimum Gasteiger partial charge on any atom is -0.303 e. The predicted molar refractivity (Wildman–Crippen MR) is 57.2 cm³/mol. The Kier molecular flexibility index (Phi) is 3.19. The molecule has 0 aliphatic carbocycles. The molecule has 2 heterocycles. The highest BCUT2D eigenvalue weighted by Crippen LogP contribution is 2.21. The van der Waals surface area contributed by atoms with Crippen LogP contribution in [0.25, 0.3) is 0 Å². The van der Waals surface area contributed by atoms with Gasteiger partial charge in [0.25, 0.3) is 0 Å². The van der Waals surface area contributed by atoms with Crippen LogP contribution in [0.15, 0.2) is 18.5 Å². The van der Waals surface area contributed by atoms with Gasteiger partial charge in [0.2, 0.25) is 0 Å². The van der Waals surface area contributed by atoms with Crippen LogP contribution >= 0.6 is 0 Å². The van der Waals surface area contributed by atoms with Crippen LogP contribution in [0.2, 0.25) is 0 Å². The molecule has 1 aliphatic heterocycles. The topological polar surface area (TPSA) is 21.1 Å². The molecule has 78 valence electrons. The van der Waals surface area contributed by atoms with Crippen LogP contribution in [0.4, 0.5) is 0 Å². The minimum atomic E-state index is 0.637. The SMILES string of the molecule is CCCN1CCC(n2cccn2)CC1. The van der Waals surface area contributed by atoms with Gasteiger partial charge >= 0.3 is 0 Å². The third-order valence-electron chi connectivity index (χ3n) is 3.00. The van der Waals surface area contributed by atoms with E-state index in [1.165, 1.54) is 38.9 Å². The maximum atomic E-state index is 4.31. The van der Waals surface area contributed by atoms with Crippen molar-refractivity contribution in [2.75, 3.05) is 19.6 Å². The summed E-state index contributed by atoms with van der Waals surface area (Å²) in [6, 6.07) is 2.65. The van der Waals surface area contributed by atoms with Gasteiger partial charge in [-0.25, -0.2) is 0 Å². The Balaban J connectivity index is 1.84. The van der Waals surface area contributed by atoms with Crippen molar-refractivity contribution >= 4 is 0 Å². The van der Waals surface area contributed by atoms with Crippen molar-refractivity contribution in [3.8, 4) is 0 Å². The molecule has 1 aromatic heterocycles. The second-order valence-electron chi connectivity index (χ2n) is 4.06. The predicted octanol–water partition coefficient (Wildman–Crippen LogP) is 1.93. The Hall–Kier alpha value is -0.830. The third-order valence-corrected chi connectivity index (χ3v) is 3.00. The molecule has 2 rings (SSSR count). The van der Waals surface area contributed by atoms with Gasteiger partial charge in [-0.3, -0.25) is 4.68 Å².